The Morgan fingerprint density at radius 3 is 2.63 bits per heavy atom. The van der Waals surface area contributed by atoms with Crippen LogP contribution in [0.5, 0.6) is 5.75 Å². The molecule has 0 atom stereocenters. The van der Waals surface area contributed by atoms with Crippen molar-refractivity contribution in [2.24, 2.45) is 0 Å². The van der Waals surface area contributed by atoms with Crippen LogP contribution in [-0.2, 0) is 10.2 Å². The molecule has 0 spiro atoms. The molecule has 1 rings (SSSR count). The average Bonchev–Trinajstić information content (AvgIpc) is 2.28. The van der Waals surface area contributed by atoms with Gasteiger partial charge in [-0.1, -0.05) is 50.8 Å². The zero-order valence-corrected chi connectivity index (χ0v) is 12.9. The lowest BCUT2D eigenvalue weighted by molar-refractivity contribution is -0.109. The largest absolute Gasteiger partial charge is 0.508 e. The zero-order valence-electron chi connectivity index (χ0n) is 12.1. The number of benzene rings is 1. The summed E-state index contributed by atoms with van der Waals surface area (Å²) in [6, 6.07) is 5.66. The summed E-state index contributed by atoms with van der Waals surface area (Å²) in [5.74, 6) is 1.16. The van der Waals surface area contributed by atoms with E-state index in [2.05, 4.69) is 26.8 Å². The maximum absolute atomic E-state index is 10.8. The molecule has 0 aliphatic carbocycles. The Hall–Kier alpha value is -1.22. The summed E-state index contributed by atoms with van der Waals surface area (Å²) in [6.45, 7) is 7.83. The van der Waals surface area contributed by atoms with Gasteiger partial charge in [0.25, 0.3) is 0 Å². The number of allylic oxidation sites excluding steroid dienone is 1. The van der Waals surface area contributed by atoms with Crippen molar-refractivity contribution in [3.63, 3.8) is 0 Å². The van der Waals surface area contributed by atoms with Gasteiger partial charge < -0.3 is 5.11 Å². The molecule has 104 valence electrons. The van der Waals surface area contributed by atoms with Crippen LogP contribution >= 0.6 is 11.8 Å². The minimum atomic E-state index is -0.0710. The molecule has 0 saturated heterocycles. The second-order valence-corrected chi connectivity index (χ2v) is 6.83. The molecule has 0 fully saturated rings. The SMILES string of the molecule is CC(=O)SCCC=Cc1ccc(O)c(C(C)(C)C)c1. The number of aromatic hydroxyl groups is 1. The highest BCUT2D eigenvalue weighted by Crippen LogP contribution is 2.31. The molecule has 1 aromatic rings. The van der Waals surface area contributed by atoms with E-state index in [1.165, 1.54) is 11.8 Å². The molecule has 19 heavy (non-hydrogen) atoms. The first kappa shape index (κ1) is 15.8. The molecule has 0 aliphatic heterocycles. The van der Waals surface area contributed by atoms with E-state index >= 15 is 0 Å². The van der Waals surface area contributed by atoms with Gasteiger partial charge in [-0.3, -0.25) is 4.79 Å². The van der Waals surface area contributed by atoms with Gasteiger partial charge in [-0.2, -0.15) is 0 Å². The van der Waals surface area contributed by atoms with E-state index in [1.54, 1.807) is 13.0 Å². The summed E-state index contributed by atoms with van der Waals surface area (Å²) in [5.41, 5.74) is 1.96. The van der Waals surface area contributed by atoms with E-state index in [1.807, 2.05) is 18.2 Å². The molecule has 1 aromatic carbocycles. The lowest BCUT2D eigenvalue weighted by Crippen LogP contribution is -2.11. The normalized spacial score (nSPS) is 12.0. The average molecular weight is 278 g/mol. The van der Waals surface area contributed by atoms with Gasteiger partial charge in [0.2, 0.25) is 0 Å². The first-order valence-corrected chi connectivity index (χ1v) is 7.42. The number of phenolic OH excluding ortho intramolecular Hbond substituents is 1. The maximum Gasteiger partial charge on any atom is 0.185 e. The fourth-order valence-electron chi connectivity index (χ4n) is 1.75. The molecule has 0 amide bonds. The van der Waals surface area contributed by atoms with Crippen molar-refractivity contribution in [2.45, 2.75) is 39.5 Å². The van der Waals surface area contributed by atoms with Crippen LogP contribution in [0, 0.1) is 0 Å². The third-order valence-electron chi connectivity index (χ3n) is 2.73. The van der Waals surface area contributed by atoms with E-state index in [0.29, 0.717) is 5.75 Å². The van der Waals surface area contributed by atoms with E-state index in [0.717, 1.165) is 23.3 Å². The molecular weight excluding hydrogens is 256 g/mol. The molecule has 0 aromatic heterocycles. The van der Waals surface area contributed by atoms with Gasteiger partial charge in [0.05, 0.1) is 0 Å². The molecule has 2 nitrogen and oxygen atoms in total. The van der Waals surface area contributed by atoms with Crippen molar-refractivity contribution in [3.05, 3.63) is 35.4 Å². The van der Waals surface area contributed by atoms with Gasteiger partial charge in [-0.25, -0.2) is 0 Å². The number of carbonyl (C=O) groups excluding carboxylic acids is 1. The molecular formula is C16H22O2S. The third-order valence-corrected chi connectivity index (χ3v) is 3.58. The molecule has 0 radical (unpaired) electrons. The highest BCUT2D eigenvalue weighted by atomic mass is 32.2. The highest BCUT2D eigenvalue weighted by Gasteiger charge is 2.17. The number of carbonyl (C=O) groups is 1. The highest BCUT2D eigenvalue weighted by molar-refractivity contribution is 8.13. The Balaban J connectivity index is 2.70. The molecule has 0 unspecified atom stereocenters. The first-order valence-electron chi connectivity index (χ1n) is 6.44. The summed E-state index contributed by atoms with van der Waals surface area (Å²) in [6.07, 6.45) is 4.97. The summed E-state index contributed by atoms with van der Waals surface area (Å²) in [7, 11) is 0. The van der Waals surface area contributed by atoms with Gasteiger partial charge in [0.1, 0.15) is 5.75 Å². The summed E-state index contributed by atoms with van der Waals surface area (Å²) in [4.78, 5) is 10.8. The van der Waals surface area contributed by atoms with Crippen LogP contribution in [0.2, 0.25) is 0 Å². The van der Waals surface area contributed by atoms with Crippen LogP contribution in [0.4, 0.5) is 0 Å². The summed E-state index contributed by atoms with van der Waals surface area (Å²) < 4.78 is 0. The Morgan fingerprint density at radius 2 is 2.05 bits per heavy atom. The predicted molar refractivity (Wildman–Crippen MR) is 83.6 cm³/mol. The lowest BCUT2D eigenvalue weighted by Gasteiger charge is -2.20. The van der Waals surface area contributed by atoms with Crippen LogP contribution in [-0.4, -0.2) is 16.0 Å². The van der Waals surface area contributed by atoms with E-state index in [-0.39, 0.29) is 10.5 Å². The molecule has 0 saturated carbocycles. The van der Waals surface area contributed by atoms with E-state index < -0.39 is 0 Å². The topological polar surface area (TPSA) is 37.3 Å². The fraction of sp³-hybridized carbons (Fsp3) is 0.438. The van der Waals surface area contributed by atoms with E-state index in [9.17, 15) is 9.90 Å². The van der Waals surface area contributed by atoms with Crippen molar-refractivity contribution >= 4 is 23.0 Å². The first-order chi connectivity index (χ1) is 8.80. The third kappa shape index (κ3) is 5.52. The van der Waals surface area contributed by atoms with Gasteiger partial charge in [-0.15, -0.1) is 0 Å². The number of thioether (sulfide) groups is 1. The van der Waals surface area contributed by atoms with Crippen molar-refractivity contribution in [1.82, 2.24) is 0 Å². The number of phenols is 1. The summed E-state index contributed by atoms with van der Waals surface area (Å²) in [5, 5.41) is 10.0. The fourth-order valence-corrected chi connectivity index (χ4v) is 2.29. The van der Waals surface area contributed by atoms with E-state index in [4.69, 9.17) is 0 Å². The second-order valence-electron chi connectivity index (χ2n) is 5.56. The summed E-state index contributed by atoms with van der Waals surface area (Å²) >= 11 is 1.35. The Morgan fingerprint density at radius 1 is 1.37 bits per heavy atom. The molecule has 0 bridgehead atoms. The molecule has 3 heteroatoms. The van der Waals surface area contributed by atoms with Crippen molar-refractivity contribution in [3.8, 4) is 5.75 Å². The van der Waals surface area contributed by atoms with Crippen LogP contribution in [0.15, 0.2) is 24.3 Å². The smallest absolute Gasteiger partial charge is 0.185 e. The number of rotatable bonds is 4. The minimum absolute atomic E-state index is 0.0710. The maximum atomic E-state index is 10.8. The quantitative estimate of drug-likeness (QED) is 0.831. The number of hydrogen-bond acceptors (Lipinski definition) is 3. The van der Waals surface area contributed by atoms with Crippen molar-refractivity contribution in [2.75, 3.05) is 5.75 Å². The monoisotopic (exact) mass is 278 g/mol. The standard InChI is InChI=1S/C16H22O2S/c1-12(17)19-10-6-5-7-13-8-9-15(18)14(11-13)16(2,3)4/h5,7-9,11,18H,6,10H2,1-4H3. The van der Waals surface area contributed by atoms with Crippen LogP contribution in [0.1, 0.15) is 45.2 Å². The zero-order chi connectivity index (χ0) is 14.5. The van der Waals surface area contributed by atoms with Gasteiger partial charge in [-0.05, 0) is 35.1 Å². The van der Waals surface area contributed by atoms with Crippen LogP contribution in [0.3, 0.4) is 0 Å². The Kier molecular flexibility index (Phi) is 5.67. The Labute approximate surface area is 119 Å². The molecule has 1 N–H and O–H groups in total. The van der Waals surface area contributed by atoms with Gasteiger partial charge in [0, 0.05) is 12.7 Å². The minimum Gasteiger partial charge on any atom is -0.508 e. The van der Waals surface area contributed by atoms with Gasteiger partial charge >= 0.3 is 0 Å². The van der Waals surface area contributed by atoms with Crippen molar-refractivity contribution < 1.29 is 9.90 Å². The predicted octanol–water partition coefficient (Wildman–Crippen LogP) is 4.37. The van der Waals surface area contributed by atoms with Crippen molar-refractivity contribution in [1.29, 1.82) is 0 Å². The Bertz CT molecular complexity index is 470. The number of hydrogen-bond donors (Lipinski definition) is 1. The second kappa shape index (κ2) is 6.80. The molecule has 0 aliphatic rings. The lowest BCUT2D eigenvalue weighted by atomic mass is 9.85. The van der Waals surface area contributed by atoms with Crippen LogP contribution in [0.25, 0.3) is 6.08 Å². The molecule has 0 heterocycles. The van der Waals surface area contributed by atoms with Crippen LogP contribution < -0.4 is 0 Å². The van der Waals surface area contributed by atoms with Gasteiger partial charge in [0.15, 0.2) is 5.12 Å².